The van der Waals surface area contributed by atoms with Crippen molar-refractivity contribution in [2.75, 3.05) is 20.2 Å². The van der Waals surface area contributed by atoms with Gasteiger partial charge in [0.15, 0.2) is 5.76 Å². The minimum absolute atomic E-state index is 0.0824. The molecule has 1 aromatic carbocycles. The van der Waals surface area contributed by atoms with E-state index in [1.54, 1.807) is 27.0 Å². The quantitative estimate of drug-likeness (QED) is 0.624. The Morgan fingerprint density at radius 2 is 1.86 bits per heavy atom. The highest BCUT2D eigenvalue weighted by atomic mass is 32.2. The molecule has 2 aromatic heterocycles. The smallest absolute Gasteiger partial charge is 0.267 e. The van der Waals surface area contributed by atoms with E-state index in [0.29, 0.717) is 17.1 Å². The van der Waals surface area contributed by atoms with Crippen molar-refractivity contribution in [2.24, 2.45) is 0 Å². The van der Waals surface area contributed by atoms with Gasteiger partial charge in [-0.3, -0.25) is 4.79 Å². The molecule has 1 aliphatic rings. The van der Waals surface area contributed by atoms with E-state index in [-0.39, 0.29) is 35.3 Å². The fourth-order valence-electron chi connectivity index (χ4n) is 3.43. The summed E-state index contributed by atoms with van der Waals surface area (Å²) in [4.78, 5) is 12.4. The van der Waals surface area contributed by atoms with E-state index in [1.807, 2.05) is 24.3 Å². The molecule has 3 aromatic rings. The predicted molar refractivity (Wildman–Crippen MR) is 104 cm³/mol. The van der Waals surface area contributed by atoms with Crippen LogP contribution in [-0.2, 0) is 10.0 Å². The average Bonchev–Trinajstić information content (AvgIpc) is 3.01. The van der Waals surface area contributed by atoms with Crippen LogP contribution in [0.15, 0.2) is 50.6 Å². The van der Waals surface area contributed by atoms with Gasteiger partial charge >= 0.3 is 0 Å². The van der Waals surface area contributed by atoms with Gasteiger partial charge in [0, 0.05) is 24.7 Å². The molecule has 1 saturated heterocycles. The van der Waals surface area contributed by atoms with E-state index < -0.39 is 10.0 Å². The Balaban J connectivity index is 1.61. The average molecular weight is 416 g/mol. The summed E-state index contributed by atoms with van der Waals surface area (Å²) in [5.41, 5.74) is 1.36. The lowest BCUT2D eigenvalue weighted by Crippen LogP contribution is -2.53. The van der Waals surface area contributed by atoms with Crippen molar-refractivity contribution in [2.45, 2.75) is 24.8 Å². The third kappa shape index (κ3) is 3.23. The number of methoxy groups -OCH3 is 1. The van der Waals surface area contributed by atoms with Crippen LogP contribution in [-0.4, -0.2) is 47.9 Å². The molecule has 0 atom stereocenters. The highest BCUT2D eigenvalue weighted by molar-refractivity contribution is 7.89. The van der Waals surface area contributed by atoms with Crippen LogP contribution in [0.2, 0.25) is 0 Å². The molecule has 152 valence electrons. The molecule has 9 nitrogen and oxygen atoms in total. The topological polar surface area (TPSA) is 108 Å². The lowest BCUT2D eigenvalue weighted by molar-refractivity contribution is 0.185. The summed E-state index contributed by atoms with van der Waals surface area (Å²) < 4.78 is 38.7. The summed E-state index contributed by atoms with van der Waals surface area (Å²) in [5.74, 6) is 0.890. The summed E-state index contributed by atoms with van der Waals surface area (Å²) in [6.07, 6.45) is 0. The van der Waals surface area contributed by atoms with Crippen LogP contribution in [0.5, 0.6) is 5.75 Å². The van der Waals surface area contributed by atoms with Gasteiger partial charge in [0.2, 0.25) is 10.0 Å². The van der Waals surface area contributed by atoms with E-state index in [2.05, 4.69) is 10.3 Å². The minimum Gasteiger partial charge on any atom is -0.496 e. The molecule has 0 N–H and O–H groups in total. The van der Waals surface area contributed by atoms with Crippen LogP contribution in [0.3, 0.4) is 0 Å². The summed E-state index contributed by atoms with van der Waals surface area (Å²) >= 11 is 0. The van der Waals surface area contributed by atoms with Gasteiger partial charge < -0.3 is 9.26 Å². The van der Waals surface area contributed by atoms with Crippen LogP contribution in [0.1, 0.15) is 17.5 Å². The molecule has 10 heteroatoms. The number of aryl methyl sites for hydroxylation is 2. The first-order valence-electron chi connectivity index (χ1n) is 8.99. The Kier molecular flexibility index (Phi) is 4.75. The highest BCUT2D eigenvalue weighted by Crippen LogP contribution is 2.31. The van der Waals surface area contributed by atoms with E-state index in [9.17, 15) is 13.2 Å². The van der Waals surface area contributed by atoms with Crippen molar-refractivity contribution in [3.63, 3.8) is 0 Å². The maximum atomic E-state index is 12.9. The molecule has 1 aliphatic heterocycles. The first-order valence-corrected chi connectivity index (χ1v) is 10.4. The Morgan fingerprint density at radius 3 is 2.52 bits per heavy atom. The van der Waals surface area contributed by atoms with Gasteiger partial charge in [-0.25, -0.2) is 13.1 Å². The molecule has 0 unspecified atom stereocenters. The van der Waals surface area contributed by atoms with Crippen molar-refractivity contribution in [1.82, 2.24) is 19.2 Å². The molecule has 0 aliphatic carbocycles. The van der Waals surface area contributed by atoms with E-state index in [4.69, 9.17) is 9.26 Å². The lowest BCUT2D eigenvalue weighted by atomic mass is 10.1. The fourth-order valence-corrected chi connectivity index (χ4v) is 5.23. The maximum absolute atomic E-state index is 12.9. The van der Waals surface area contributed by atoms with Crippen molar-refractivity contribution in [3.8, 4) is 17.0 Å². The van der Waals surface area contributed by atoms with Gasteiger partial charge in [-0.1, -0.05) is 17.3 Å². The molecule has 0 spiro atoms. The third-order valence-corrected chi connectivity index (χ3v) is 7.03. The second-order valence-corrected chi connectivity index (χ2v) is 8.71. The Morgan fingerprint density at radius 1 is 1.14 bits per heavy atom. The number of hydrogen-bond donors (Lipinski definition) is 0. The normalized spacial score (nSPS) is 15.3. The Bertz CT molecular complexity index is 1210. The summed E-state index contributed by atoms with van der Waals surface area (Å²) in [6, 6.07) is 10.1. The second-order valence-electron chi connectivity index (χ2n) is 6.83. The lowest BCUT2D eigenvalue weighted by Gasteiger charge is -2.38. The van der Waals surface area contributed by atoms with Gasteiger partial charge in [-0.15, -0.1) is 0 Å². The monoisotopic (exact) mass is 416 g/mol. The fraction of sp³-hybridized carbons (Fsp3) is 0.316. The summed E-state index contributed by atoms with van der Waals surface area (Å²) in [6.45, 7) is 3.44. The molecule has 0 amide bonds. The standard InChI is InChI=1S/C19H20N4O5S/c1-12-19(13(2)28-21-12)29(25,26)22-10-14(11-22)23-18(24)9-8-16(20-23)15-6-4-5-7-17(15)27-3/h4-9,14H,10-11H2,1-3H3. The van der Waals surface area contributed by atoms with Crippen molar-refractivity contribution in [1.29, 1.82) is 0 Å². The molecule has 29 heavy (non-hydrogen) atoms. The molecule has 0 radical (unpaired) electrons. The number of sulfonamides is 1. The Hall–Kier alpha value is -2.98. The minimum atomic E-state index is -3.73. The largest absolute Gasteiger partial charge is 0.496 e. The van der Waals surface area contributed by atoms with Crippen LogP contribution in [0.25, 0.3) is 11.3 Å². The summed E-state index contributed by atoms with van der Waals surface area (Å²) in [7, 11) is -2.17. The SMILES string of the molecule is COc1ccccc1-c1ccc(=O)n(C2CN(S(=O)(=O)c3c(C)noc3C)C2)n1. The number of para-hydroxylation sites is 1. The number of benzene rings is 1. The zero-order chi connectivity index (χ0) is 20.8. The molecule has 0 saturated carbocycles. The first-order chi connectivity index (χ1) is 13.8. The predicted octanol–water partition coefficient (Wildman–Crippen LogP) is 1.77. The van der Waals surface area contributed by atoms with Gasteiger partial charge in [-0.2, -0.15) is 9.40 Å². The molecule has 1 fully saturated rings. The van der Waals surface area contributed by atoms with Crippen LogP contribution < -0.4 is 10.3 Å². The van der Waals surface area contributed by atoms with Crippen molar-refractivity contribution < 1.29 is 17.7 Å². The van der Waals surface area contributed by atoms with Crippen LogP contribution >= 0.6 is 0 Å². The van der Waals surface area contributed by atoms with E-state index in [0.717, 1.165) is 5.56 Å². The number of aromatic nitrogens is 3. The first kappa shape index (κ1) is 19.3. The van der Waals surface area contributed by atoms with E-state index in [1.165, 1.54) is 15.1 Å². The van der Waals surface area contributed by atoms with Gasteiger partial charge in [-0.05, 0) is 32.0 Å². The van der Waals surface area contributed by atoms with Gasteiger partial charge in [0.05, 0.1) is 18.8 Å². The number of nitrogens with zero attached hydrogens (tertiary/aromatic N) is 4. The maximum Gasteiger partial charge on any atom is 0.267 e. The van der Waals surface area contributed by atoms with Crippen LogP contribution in [0, 0.1) is 13.8 Å². The zero-order valence-corrected chi connectivity index (χ0v) is 17.0. The number of ether oxygens (including phenoxy) is 1. The number of rotatable bonds is 5. The number of hydrogen-bond acceptors (Lipinski definition) is 7. The van der Waals surface area contributed by atoms with Crippen LogP contribution in [0.4, 0.5) is 0 Å². The molecular formula is C19H20N4O5S. The molecule has 0 bridgehead atoms. The molecular weight excluding hydrogens is 396 g/mol. The second kappa shape index (κ2) is 7.12. The van der Waals surface area contributed by atoms with Gasteiger partial charge in [0.1, 0.15) is 16.3 Å². The Labute approximate surface area is 167 Å². The molecule has 4 rings (SSSR count). The molecule has 3 heterocycles. The van der Waals surface area contributed by atoms with Crippen molar-refractivity contribution in [3.05, 3.63) is 58.2 Å². The highest BCUT2D eigenvalue weighted by Gasteiger charge is 2.41. The summed E-state index contributed by atoms with van der Waals surface area (Å²) in [5, 5.41) is 8.18. The third-order valence-electron chi connectivity index (χ3n) is 4.95. The van der Waals surface area contributed by atoms with Gasteiger partial charge in [0.25, 0.3) is 5.56 Å². The van der Waals surface area contributed by atoms with Crippen molar-refractivity contribution >= 4 is 10.0 Å². The zero-order valence-electron chi connectivity index (χ0n) is 16.2. The van der Waals surface area contributed by atoms with E-state index >= 15 is 0 Å².